The van der Waals surface area contributed by atoms with Crippen LogP contribution < -0.4 is 10.1 Å². The van der Waals surface area contributed by atoms with E-state index in [1.165, 1.54) is 0 Å². The number of benzene rings is 1. The van der Waals surface area contributed by atoms with Gasteiger partial charge < -0.3 is 10.1 Å². The predicted molar refractivity (Wildman–Crippen MR) is 88.3 cm³/mol. The third-order valence-electron chi connectivity index (χ3n) is 3.38. The summed E-state index contributed by atoms with van der Waals surface area (Å²) in [5.41, 5.74) is 1.30. The number of ether oxygens (including phenoxy) is 1. The molecular weight excluding hydrogens is 293 g/mol. The summed E-state index contributed by atoms with van der Waals surface area (Å²) in [6, 6.07) is 4.21. The van der Waals surface area contributed by atoms with Gasteiger partial charge in [0.1, 0.15) is 5.75 Å². The van der Waals surface area contributed by atoms with Gasteiger partial charge in [-0.15, -0.1) is 0 Å². The minimum Gasteiger partial charge on any atom is -0.495 e. The highest BCUT2D eigenvalue weighted by atomic mass is 35.5. The smallest absolute Gasteiger partial charge is 0.138 e. The lowest BCUT2D eigenvalue weighted by Gasteiger charge is -2.26. The van der Waals surface area contributed by atoms with E-state index >= 15 is 0 Å². The molecule has 0 saturated carbocycles. The van der Waals surface area contributed by atoms with Gasteiger partial charge >= 0.3 is 0 Å². The molecule has 0 atom stereocenters. The predicted octanol–water partition coefficient (Wildman–Crippen LogP) is 4.96. The van der Waals surface area contributed by atoms with E-state index in [2.05, 4.69) is 33.0 Å². The monoisotopic (exact) mass is 317 g/mol. The van der Waals surface area contributed by atoms with Gasteiger partial charge in [-0.25, -0.2) is 0 Å². The lowest BCUT2D eigenvalue weighted by molar-refractivity contribution is 0.304. The third kappa shape index (κ3) is 5.51. The summed E-state index contributed by atoms with van der Waals surface area (Å²) < 4.78 is 5.16. The van der Waals surface area contributed by atoms with Crippen molar-refractivity contribution in [3.05, 3.63) is 27.7 Å². The molecule has 0 heterocycles. The van der Waals surface area contributed by atoms with Crippen molar-refractivity contribution in [1.82, 2.24) is 5.32 Å². The number of hydrogen-bond acceptors (Lipinski definition) is 2. The second-order valence-corrected chi connectivity index (χ2v) is 7.09. The average Bonchev–Trinajstić information content (AvgIpc) is 2.37. The first-order valence-corrected chi connectivity index (χ1v) is 7.76. The quantitative estimate of drug-likeness (QED) is 0.767. The summed E-state index contributed by atoms with van der Waals surface area (Å²) in [7, 11) is 1.60. The first-order valence-electron chi connectivity index (χ1n) is 7.00. The highest BCUT2D eigenvalue weighted by molar-refractivity contribution is 6.34. The summed E-state index contributed by atoms with van der Waals surface area (Å²) in [5.74, 6) is 0.626. The molecule has 1 aromatic carbocycles. The van der Waals surface area contributed by atoms with Crippen LogP contribution in [0, 0.1) is 5.41 Å². The summed E-state index contributed by atoms with van der Waals surface area (Å²) >= 11 is 12.4. The Morgan fingerprint density at radius 3 is 2.40 bits per heavy atom. The van der Waals surface area contributed by atoms with Crippen molar-refractivity contribution in [2.75, 3.05) is 13.7 Å². The minimum absolute atomic E-state index is 0.222. The van der Waals surface area contributed by atoms with E-state index in [1.807, 2.05) is 6.07 Å². The van der Waals surface area contributed by atoms with Gasteiger partial charge in [0.05, 0.1) is 12.1 Å². The van der Waals surface area contributed by atoms with Crippen LogP contribution in [0.2, 0.25) is 10.0 Å². The molecule has 0 bridgehead atoms. The van der Waals surface area contributed by atoms with Crippen molar-refractivity contribution in [2.45, 2.75) is 46.6 Å². The zero-order valence-electron chi connectivity index (χ0n) is 13.0. The van der Waals surface area contributed by atoms with Gasteiger partial charge in [-0.05, 0) is 29.9 Å². The van der Waals surface area contributed by atoms with E-state index in [-0.39, 0.29) is 5.41 Å². The standard InChI is InChI=1S/C16H25Cl2NO/c1-11(2)19-10-16(3,4)7-6-12-8-14(18)15(20-5)9-13(12)17/h8-9,11,19H,6-7,10H2,1-5H3. The lowest BCUT2D eigenvalue weighted by atomic mass is 9.86. The highest BCUT2D eigenvalue weighted by Gasteiger charge is 2.19. The molecule has 1 aromatic rings. The van der Waals surface area contributed by atoms with Gasteiger partial charge in [0.2, 0.25) is 0 Å². The van der Waals surface area contributed by atoms with Gasteiger partial charge in [0, 0.05) is 23.7 Å². The first kappa shape index (κ1) is 17.6. The van der Waals surface area contributed by atoms with E-state index < -0.39 is 0 Å². The molecule has 0 fully saturated rings. The second kappa shape index (κ2) is 7.53. The van der Waals surface area contributed by atoms with Crippen molar-refractivity contribution >= 4 is 23.2 Å². The van der Waals surface area contributed by atoms with Gasteiger partial charge in [0.25, 0.3) is 0 Å². The fraction of sp³-hybridized carbons (Fsp3) is 0.625. The van der Waals surface area contributed by atoms with E-state index in [1.54, 1.807) is 13.2 Å². The van der Waals surface area contributed by atoms with Gasteiger partial charge in [-0.1, -0.05) is 50.9 Å². The number of nitrogens with one attached hydrogen (secondary N) is 1. The molecule has 4 heteroatoms. The van der Waals surface area contributed by atoms with Crippen molar-refractivity contribution < 1.29 is 4.74 Å². The third-order valence-corrected chi connectivity index (χ3v) is 4.03. The largest absolute Gasteiger partial charge is 0.495 e. The molecule has 1 rings (SSSR count). The number of hydrogen-bond donors (Lipinski definition) is 1. The Bertz CT molecular complexity index is 444. The molecular formula is C16H25Cl2NO. The normalized spacial score (nSPS) is 12.0. The van der Waals surface area contributed by atoms with Crippen molar-refractivity contribution in [1.29, 1.82) is 0 Å². The minimum atomic E-state index is 0.222. The van der Waals surface area contributed by atoms with Gasteiger partial charge in [0.15, 0.2) is 0 Å². The van der Waals surface area contributed by atoms with Crippen LogP contribution in [0.1, 0.15) is 39.7 Å². The Hall–Kier alpha value is -0.440. The molecule has 0 aromatic heterocycles. The van der Waals surface area contributed by atoms with Crippen LogP contribution in [0.3, 0.4) is 0 Å². The summed E-state index contributed by atoms with van der Waals surface area (Å²) in [6.45, 7) is 9.85. The SMILES string of the molecule is COc1cc(Cl)c(CCC(C)(C)CNC(C)C)cc1Cl. The summed E-state index contributed by atoms with van der Waals surface area (Å²) in [5, 5.41) is 4.82. The number of halogens is 2. The van der Waals surface area contributed by atoms with Crippen LogP contribution in [-0.2, 0) is 6.42 Å². The highest BCUT2D eigenvalue weighted by Crippen LogP contribution is 2.33. The molecule has 0 aliphatic carbocycles. The molecule has 1 N–H and O–H groups in total. The molecule has 0 radical (unpaired) electrons. The number of methoxy groups -OCH3 is 1. The van der Waals surface area contributed by atoms with Crippen molar-refractivity contribution in [2.24, 2.45) is 5.41 Å². The number of rotatable bonds is 7. The molecule has 114 valence electrons. The Morgan fingerprint density at radius 2 is 1.85 bits per heavy atom. The maximum atomic E-state index is 6.28. The van der Waals surface area contributed by atoms with Gasteiger partial charge in [-0.2, -0.15) is 0 Å². The van der Waals surface area contributed by atoms with E-state index in [9.17, 15) is 0 Å². The van der Waals surface area contributed by atoms with Crippen LogP contribution in [0.25, 0.3) is 0 Å². The average molecular weight is 318 g/mol. The van der Waals surface area contributed by atoms with Crippen molar-refractivity contribution in [3.63, 3.8) is 0 Å². The Labute approximate surface area is 132 Å². The van der Waals surface area contributed by atoms with Crippen LogP contribution in [0.15, 0.2) is 12.1 Å². The molecule has 0 aliphatic heterocycles. The maximum Gasteiger partial charge on any atom is 0.138 e. The zero-order valence-corrected chi connectivity index (χ0v) is 14.5. The molecule has 0 aliphatic rings. The molecule has 2 nitrogen and oxygen atoms in total. The maximum absolute atomic E-state index is 6.28. The van der Waals surface area contributed by atoms with Crippen LogP contribution in [-0.4, -0.2) is 19.7 Å². The summed E-state index contributed by atoms with van der Waals surface area (Å²) in [6.07, 6.45) is 1.96. The molecule has 0 spiro atoms. The molecule has 20 heavy (non-hydrogen) atoms. The van der Waals surface area contributed by atoms with Crippen molar-refractivity contribution in [3.8, 4) is 5.75 Å². The second-order valence-electron chi connectivity index (χ2n) is 6.28. The van der Waals surface area contributed by atoms with E-state index in [0.29, 0.717) is 16.8 Å². The van der Waals surface area contributed by atoms with Gasteiger partial charge in [-0.3, -0.25) is 0 Å². The number of aryl methyl sites for hydroxylation is 1. The lowest BCUT2D eigenvalue weighted by Crippen LogP contribution is -2.34. The molecule has 0 saturated heterocycles. The van der Waals surface area contributed by atoms with E-state index in [4.69, 9.17) is 27.9 Å². The fourth-order valence-electron chi connectivity index (χ4n) is 1.96. The van der Waals surface area contributed by atoms with Crippen LogP contribution in [0.4, 0.5) is 0 Å². The van der Waals surface area contributed by atoms with Crippen LogP contribution >= 0.6 is 23.2 Å². The zero-order chi connectivity index (χ0) is 15.3. The van der Waals surface area contributed by atoms with E-state index in [0.717, 1.165) is 30.0 Å². The Morgan fingerprint density at radius 1 is 1.20 bits per heavy atom. The Kier molecular flexibility index (Phi) is 6.63. The first-order chi connectivity index (χ1) is 9.25. The topological polar surface area (TPSA) is 21.3 Å². The fourth-order valence-corrected chi connectivity index (χ4v) is 2.47. The Balaban J connectivity index is 2.67. The molecule has 0 amide bonds. The molecule has 0 unspecified atom stereocenters. The van der Waals surface area contributed by atoms with Crippen LogP contribution in [0.5, 0.6) is 5.75 Å². The summed E-state index contributed by atoms with van der Waals surface area (Å²) in [4.78, 5) is 0.